The maximum absolute atomic E-state index is 12.2. The first-order valence-corrected chi connectivity index (χ1v) is 9.75. The van der Waals surface area contributed by atoms with E-state index in [4.69, 9.17) is 0 Å². The van der Waals surface area contributed by atoms with Gasteiger partial charge in [0.25, 0.3) is 0 Å². The smallest absolute Gasteiger partial charge is 0.250 e. The van der Waals surface area contributed by atoms with Crippen molar-refractivity contribution in [3.05, 3.63) is 17.0 Å². The summed E-state index contributed by atoms with van der Waals surface area (Å²) >= 11 is 1.28. The molecular formula is C14H25N3O2S2. The molecule has 7 heteroatoms. The molecule has 120 valence electrons. The van der Waals surface area contributed by atoms with Crippen LogP contribution in [-0.2, 0) is 16.6 Å². The van der Waals surface area contributed by atoms with E-state index in [9.17, 15) is 8.42 Å². The molecule has 1 heterocycles. The fourth-order valence-corrected chi connectivity index (χ4v) is 4.31. The van der Waals surface area contributed by atoms with Gasteiger partial charge in [0.15, 0.2) is 0 Å². The number of nitrogens with one attached hydrogen (secondary N) is 2. The third-order valence-electron chi connectivity index (χ3n) is 3.54. The van der Waals surface area contributed by atoms with Gasteiger partial charge in [0.1, 0.15) is 4.21 Å². The van der Waals surface area contributed by atoms with Crippen LogP contribution in [0.2, 0.25) is 0 Å². The first-order valence-electron chi connectivity index (χ1n) is 7.39. The average molecular weight is 332 g/mol. The topological polar surface area (TPSA) is 61.4 Å². The molecule has 1 aromatic heterocycles. The van der Waals surface area contributed by atoms with E-state index in [0.29, 0.717) is 29.4 Å². The van der Waals surface area contributed by atoms with Crippen LogP contribution in [0.15, 0.2) is 15.7 Å². The number of rotatable bonds is 9. The van der Waals surface area contributed by atoms with Gasteiger partial charge in [-0.3, -0.25) is 0 Å². The Kier molecular flexibility index (Phi) is 5.79. The predicted octanol–water partition coefficient (Wildman–Crippen LogP) is 1.62. The average Bonchev–Trinajstić information content (AvgIpc) is 3.14. The van der Waals surface area contributed by atoms with Gasteiger partial charge < -0.3 is 10.2 Å². The molecule has 0 amide bonds. The second-order valence-corrected chi connectivity index (χ2v) is 8.82. The highest BCUT2D eigenvalue weighted by atomic mass is 32.2. The van der Waals surface area contributed by atoms with Crippen LogP contribution in [0.25, 0.3) is 0 Å². The molecule has 0 aromatic carbocycles. The summed E-state index contributed by atoms with van der Waals surface area (Å²) in [6, 6.07) is 2.80. The van der Waals surface area contributed by atoms with Gasteiger partial charge in [0.05, 0.1) is 0 Å². The molecule has 21 heavy (non-hydrogen) atoms. The zero-order valence-corrected chi connectivity index (χ0v) is 14.6. The molecule has 0 bridgehead atoms. The van der Waals surface area contributed by atoms with Gasteiger partial charge in [-0.25, -0.2) is 13.1 Å². The summed E-state index contributed by atoms with van der Waals surface area (Å²) in [5.41, 5.74) is 1.02. The summed E-state index contributed by atoms with van der Waals surface area (Å²) in [6.45, 7) is 6.07. The molecule has 5 nitrogen and oxygen atoms in total. The number of hydrogen-bond acceptors (Lipinski definition) is 5. The van der Waals surface area contributed by atoms with Crippen molar-refractivity contribution in [1.29, 1.82) is 0 Å². The van der Waals surface area contributed by atoms with Crippen molar-refractivity contribution in [1.82, 2.24) is 14.9 Å². The molecule has 1 aliphatic carbocycles. The maximum Gasteiger partial charge on any atom is 0.250 e. The van der Waals surface area contributed by atoms with Crippen molar-refractivity contribution >= 4 is 21.4 Å². The fourth-order valence-electron chi connectivity index (χ4n) is 2.03. The number of nitrogens with zero attached hydrogens (tertiary/aromatic N) is 1. The van der Waals surface area contributed by atoms with E-state index < -0.39 is 10.0 Å². The van der Waals surface area contributed by atoms with Crippen LogP contribution in [0.1, 0.15) is 32.3 Å². The minimum atomic E-state index is -3.36. The minimum Gasteiger partial charge on any atom is -0.310 e. The first-order chi connectivity index (χ1) is 9.88. The van der Waals surface area contributed by atoms with E-state index in [-0.39, 0.29) is 0 Å². The summed E-state index contributed by atoms with van der Waals surface area (Å²) in [7, 11) is -1.32. The van der Waals surface area contributed by atoms with Gasteiger partial charge in [-0.1, -0.05) is 13.8 Å². The van der Waals surface area contributed by atoms with E-state index in [1.165, 1.54) is 24.2 Å². The van der Waals surface area contributed by atoms with Crippen molar-refractivity contribution in [2.24, 2.45) is 0 Å². The van der Waals surface area contributed by atoms with E-state index in [1.54, 1.807) is 6.07 Å². The molecule has 1 aromatic rings. The molecule has 0 saturated heterocycles. The second-order valence-electron chi connectivity index (χ2n) is 5.92. The molecule has 0 spiro atoms. The molecule has 0 unspecified atom stereocenters. The normalized spacial score (nSPS) is 16.0. The Balaban J connectivity index is 1.83. The Morgan fingerprint density at radius 3 is 2.76 bits per heavy atom. The molecule has 1 aliphatic rings. The zero-order chi connectivity index (χ0) is 15.5. The summed E-state index contributed by atoms with van der Waals surface area (Å²) in [4.78, 5) is 2.22. The zero-order valence-electron chi connectivity index (χ0n) is 12.9. The number of sulfonamides is 1. The highest BCUT2D eigenvalue weighted by Crippen LogP contribution is 2.25. The largest absolute Gasteiger partial charge is 0.310 e. The lowest BCUT2D eigenvalue weighted by Crippen LogP contribution is -2.33. The quantitative estimate of drug-likeness (QED) is 0.722. The molecular weight excluding hydrogens is 306 g/mol. The van der Waals surface area contributed by atoms with Crippen molar-refractivity contribution in [2.75, 3.05) is 20.1 Å². The Morgan fingerprint density at radius 2 is 2.14 bits per heavy atom. The van der Waals surface area contributed by atoms with Crippen LogP contribution in [0.5, 0.6) is 0 Å². The third-order valence-corrected chi connectivity index (χ3v) is 6.49. The number of hydrogen-bond donors (Lipinski definition) is 2. The van der Waals surface area contributed by atoms with Crippen LogP contribution >= 0.6 is 11.3 Å². The molecule has 2 N–H and O–H groups in total. The maximum atomic E-state index is 12.2. The highest BCUT2D eigenvalue weighted by molar-refractivity contribution is 7.91. The Hall–Kier alpha value is -0.470. The standard InChI is InChI=1S/C14H25N3O2S2/c1-11(2)15-9-12-8-14(20-10-12)21(18,19)16-6-7-17(3)13-4-5-13/h8,10-11,13,15-16H,4-7,9H2,1-3H3. The highest BCUT2D eigenvalue weighted by Gasteiger charge is 2.26. The molecule has 2 rings (SSSR count). The van der Waals surface area contributed by atoms with E-state index in [0.717, 1.165) is 12.1 Å². The summed E-state index contributed by atoms with van der Waals surface area (Å²) in [5, 5.41) is 5.19. The van der Waals surface area contributed by atoms with Gasteiger partial charge in [-0.2, -0.15) is 0 Å². The number of thiophene rings is 1. The van der Waals surface area contributed by atoms with E-state index in [1.807, 2.05) is 12.4 Å². The molecule has 0 aliphatic heterocycles. The van der Waals surface area contributed by atoms with Crippen molar-refractivity contribution in [3.8, 4) is 0 Å². The first kappa shape index (κ1) is 16.9. The molecule has 0 atom stereocenters. The van der Waals surface area contributed by atoms with Crippen molar-refractivity contribution < 1.29 is 8.42 Å². The molecule has 1 saturated carbocycles. The predicted molar refractivity (Wildman–Crippen MR) is 87.1 cm³/mol. The summed E-state index contributed by atoms with van der Waals surface area (Å²) in [6.07, 6.45) is 2.47. The lowest BCUT2D eigenvalue weighted by molar-refractivity contribution is 0.329. The van der Waals surface area contributed by atoms with Gasteiger partial charge >= 0.3 is 0 Å². The Bertz CT molecular complexity index is 550. The minimum absolute atomic E-state index is 0.390. The monoisotopic (exact) mass is 331 g/mol. The molecule has 1 fully saturated rings. The van der Waals surface area contributed by atoms with Gasteiger partial charge in [-0.15, -0.1) is 11.3 Å². The van der Waals surface area contributed by atoms with Crippen LogP contribution < -0.4 is 10.0 Å². The van der Waals surface area contributed by atoms with Gasteiger partial charge in [0, 0.05) is 31.7 Å². The van der Waals surface area contributed by atoms with E-state index >= 15 is 0 Å². The van der Waals surface area contributed by atoms with E-state index in [2.05, 4.69) is 28.8 Å². The van der Waals surface area contributed by atoms with Crippen molar-refractivity contribution in [2.45, 2.75) is 49.5 Å². The lowest BCUT2D eigenvalue weighted by atomic mass is 10.3. The summed E-state index contributed by atoms with van der Waals surface area (Å²) in [5.74, 6) is 0. The lowest BCUT2D eigenvalue weighted by Gasteiger charge is -2.15. The second kappa shape index (κ2) is 7.19. The van der Waals surface area contributed by atoms with Crippen LogP contribution in [0, 0.1) is 0 Å². The van der Waals surface area contributed by atoms with Gasteiger partial charge in [-0.05, 0) is 36.9 Å². The third kappa shape index (κ3) is 5.34. The SMILES string of the molecule is CC(C)NCc1csc(S(=O)(=O)NCCN(C)C2CC2)c1. The molecule has 0 radical (unpaired) electrons. The Morgan fingerprint density at radius 1 is 1.43 bits per heavy atom. The van der Waals surface area contributed by atoms with Crippen LogP contribution in [0.4, 0.5) is 0 Å². The fraction of sp³-hybridized carbons (Fsp3) is 0.714. The van der Waals surface area contributed by atoms with Crippen LogP contribution in [0.3, 0.4) is 0 Å². The summed E-state index contributed by atoms with van der Waals surface area (Å²) < 4.78 is 27.5. The van der Waals surface area contributed by atoms with Gasteiger partial charge in [0.2, 0.25) is 10.0 Å². The van der Waals surface area contributed by atoms with Crippen molar-refractivity contribution in [3.63, 3.8) is 0 Å². The Labute approximate surface area is 131 Å². The van der Waals surface area contributed by atoms with Crippen LogP contribution in [-0.4, -0.2) is 45.5 Å². The number of likely N-dealkylation sites (N-methyl/N-ethyl adjacent to an activating group) is 1.